The second-order valence-electron chi connectivity index (χ2n) is 5.35. The monoisotopic (exact) mass is 304 g/mol. The fourth-order valence-corrected chi connectivity index (χ4v) is 2.32. The summed E-state index contributed by atoms with van der Waals surface area (Å²) >= 11 is 0. The van der Waals surface area contributed by atoms with Crippen LogP contribution in [0.25, 0.3) is 0 Å². The van der Waals surface area contributed by atoms with Crippen LogP contribution >= 0.6 is 0 Å². The van der Waals surface area contributed by atoms with E-state index in [4.69, 9.17) is 0 Å². The second kappa shape index (κ2) is 7.17. The summed E-state index contributed by atoms with van der Waals surface area (Å²) in [5, 5.41) is 5.93. The molecule has 0 saturated carbocycles. The maximum Gasteiger partial charge on any atom is 0.224 e. The summed E-state index contributed by atoms with van der Waals surface area (Å²) in [4.78, 5) is 16.6. The lowest BCUT2D eigenvalue weighted by Crippen LogP contribution is -2.38. The quantitative estimate of drug-likeness (QED) is 0.852. The van der Waals surface area contributed by atoms with Crippen molar-refractivity contribution in [3.8, 4) is 0 Å². The van der Waals surface area contributed by atoms with E-state index in [0.29, 0.717) is 17.9 Å². The summed E-state index contributed by atoms with van der Waals surface area (Å²) in [7, 11) is 3.64. The molecule has 0 radical (unpaired) electrons. The van der Waals surface area contributed by atoms with Gasteiger partial charge in [0.25, 0.3) is 0 Å². The topological polar surface area (TPSA) is 59.0 Å². The van der Waals surface area contributed by atoms with Crippen LogP contribution in [0.3, 0.4) is 0 Å². The number of nitrogens with one attached hydrogen (secondary N) is 2. The molecule has 22 heavy (non-hydrogen) atoms. The molecular formula is C16H21FN4O. The Morgan fingerprint density at radius 2 is 2.23 bits per heavy atom. The highest BCUT2D eigenvalue weighted by Gasteiger charge is 2.23. The molecule has 0 spiro atoms. The first-order valence-electron chi connectivity index (χ1n) is 7.20. The Labute approximate surface area is 129 Å². The van der Waals surface area contributed by atoms with E-state index >= 15 is 0 Å². The third-order valence-electron chi connectivity index (χ3n) is 3.54. The van der Waals surface area contributed by atoms with Crippen LogP contribution in [0, 0.1) is 11.7 Å². The summed E-state index contributed by atoms with van der Waals surface area (Å²) in [6, 6.07) is 5.73. The molecule has 6 heteroatoms. The van der Waals surface area contributed by atoms with Crippen molar-refractivity contribution in [1.82, 2.24) is 20.2 Å². The number of imidazole rings is 1. The molecule has 2 rings (SSSR count). The molecule has 1 aromatic carbocycles. The Balaban J connectivity index is 2.31. The molecule has 2 aromatic rings. The maximum absolute atomic E-state index is 13.5. The van der Waals surface area contributed by atoms with Crippen LogP contribution in [0.1, 0.15) is 24.4 Å². The molecule has 1 aromatic heterocycles. The highest BCUT2D eigenvalue weighted by atomic mass is 19.1. The fourth-order valence-electron chi connectivity index (χ4n) is 2.32. The molecule has 0 aliphatic rings. The normalized spacial score (nSPS) is 13.6. The van der Waals surface area contributed by atoms with Crippen LogP contribution in [-0.4, -0.2) is 29.1 Å². The molecule has 0 saturated heterocycles. The Kier molecular flexibility index (Phi) is 5.27. The minimum Gasteiger partial charge on any atom is -0.342 e. The van der Waals surface area contributed by atoms with Crippen molar-refractivity contribution < 1.29 is 9.18 Å². The van der Waals surface area contributed by atoms with E-state index in [1.807, 2.05) is 18.5 Å². The molecule has 2 unspecified atom stereocenters. The van der Waals surface area contributed by atoms with Crippen molar-refractivity contribution in [2.45, 2.75) is 13.0 Å². The van der Waals surface area contributed by atoms with Gasteiger partial charge in [0.2, 0.25) is 5.91 Å². The Morgan fingerprint density at radius 1 is 1.45 bits per heavy atom. The largest absolute Gasteiger partial charge is 0.342 e. The molecule has 5 nitrogen and oxygen atoms in total. The van der Waals surface area contributed by atoms with Gasteiger partial charge in [-0.25, -0.2) is 9.37 Å². The van der Waals surface area contributed by atoms with Gasteiger partial charge in [0, 0.05) is 31.9 Å². The van der Waals surface area contributed by atoms with Crippen LogP contribution in [-0.2, 0) is 11.8 Å². The number of carbonyl (C=O) groups is 1. The van der Waals surface area contributed by atoms with Gasteiger partial charge in [0.1, 0.15) is 17.7 Å². The average molecular weight is 304 g/mol. The van der Waals surface area contributed by atoms with Crippen molar-refractivity contribution in [2.75, 3.05) is 13.6 Å². The van der Waals surface area contributed by atoms with Crippen molar-refractivity contribution in [3.63, 3.8) is 0 Å². The van der Waals surface area contributed by atoms with E-state index < -0.39 is 6.04 Å². The minimum absolute atomic E-state index is 0.105. The Morgan fingerprint density at radius 3 is 2.82 bits per heavy atom. The molecule has 0 aliphatic heterocycles. The predicted molar refractivity (Wildman–Crippen MR) is 82.7 cm³/mol. The Hall–Kier alpha value is -2.21. The summed E-state index contributed by atoms with van der Waals surface area (Å²) in [5.41, 5.74) is 0.666. The number of hydrogen-bond donors (Lipinski definition) is 2. The van der Waals surface area contributed by atoms with Gasteiger partial charge in [0.05, 0.1) is 0 Å². The van der Waals surface area contributed by atoms with Crippen molar-refractivity contribution in [3.05, 3.63) is 53.9 Å². The lowest BCUT2D eigenvalue weighted by atomic mass is 10.0. The first-order valence-corrected chi connectivity index (χ1v) is 7.20. The van der Waals surface area contributed by atoms with Gasteiger partial charge in [0.15, 0.2) is 0 Å². The number of benzene rings is 1. The molecule has 1 amide bonds. The molecule has 2 atom stereocenters. The number of aromatic nitrogens is 2. The van der Waals surface area contributed by atoms with E-state index in [-0.39, 0.29) is 17.6 Å². The average Bonchev–Trinajstić information content (AvgIpc) is 2.90. The van der Waals surface area contributed by atoms with Gasteiger partial charge in [-0.15, -0.1) is 0 Å². The zero-order valence-corrected chi connectivity index (χ0v) is 13.0. The van der Waals surface area contributed by atoms with E-state index in [9.17, 15) is 9.18 Å². The van der Waals surface area contributed by atoms with E-state index in [1.165, 1.54) is 12.1 Å². The zero-order valence-electron chi connectivity index (χ0n) is 13.0. The highest BCUT2D eigenvalue weighted by molar-refractivity contribution is 5.79. The van der Waals surface area contributed by atoms with Crippen molar-refractivity contribution >= 4 is 5.91 Å². The van der Waals surface area contributed by atoms with Gasteiger partial charge in [-0.05, 0) is 24.7 Å². The van der Waals surface area contributed by atoms with Crippen LogP contribution in [0.2, 0.25) is 0 Å². The van der Waals surface area contributed by atoms with E-state index in [1.54, 1.807) is 31.6 Å². The van der Waals surface area contributed by atoms with Gasteiger partial charge >= 0.3 is 0 Å². The highest BCUT2D eigenvalue weighted by Crippen LogP contribution is 2.21. The lowest BCUT2D eigenvalue weighted by Gasteiger charge is -2.21. The standard InChI is InChI=1S/C16H21FN4O/c1-11(10-18-2)16(22)20-14(15-19-7-8-21(15)3)12-5-4-6-13(17)9-12/h4-9,11,14,18H,10H2,1-3H3,(H,20,22). The lowest BCUT2D eigenvalue weighted by molar-refractivity contribution is -0.124. The molecule has 0 aliphatic carbocycles. The van der Waals surface area contributed by atoms with E-state index in [0.717, 1.165) is 0 Å². The zero-order chi connectivity index (χ0) is 16.1. The van der Waals surface area contributed by atoms with E-state index in [2.05, 4.69) is 15.6 Å². The van der Waals surface area contributed by atoms with Crippen LogP contribution in [0.5, 0.6) is 0 Å². The Bertz CT molecular complexity index is 641. The van der Waals surface area contributed by atoms with Gasteiger partial charge in [-0.2, -0.15) is 0 Å². The predicted octanol–water partition coefficient (Wildman–Crippen LogP) is 1.62. The SMILES string of the molecule is CNCC(C)C(=O)NC(c1cccc(F)c1)c1nccn1C. The molecule has 0 bridgehead atoms. The number of amides is 1. The summed E-state index contributed by atoms with van der Waals surface area (Å²) in [5.74, 6) is 0.0257. The number of hydrogen-bond acceptors (Lipinski definition) is 3. The van der Waals surface area contributed by atoms with Gasteiger partial charge in [-0.3, -0.25) is 4.79 Å². The van der Waals surface area contributed by atoms with Crippen LogP contribution in [0.4, 0.5) is 4.39 Å². The smallest absolute Gasteiger partial charge is 0.224 e. The third-order valence-corrected chi connectivity index (χ3v) is 3.54. The number of nitrogens with zero attached hydrogens (tertiary/aromatic N) is 2. The third kappa shape index (κ3) is 3.71. The number of halogens is 1. The summed E-state index contributed by atoms with van der Waals surface area (Å²) in [6.45, 7) is 2.41. The number of aryl methyl sites for hydroxylation is 1. The molecule has 118 valence electrons. The second-order valence-corrected chi connectivity index (χ2v) is 5.35. The molecule has 1 heterocycles. The first-order chi connectivity index (χ1) is 10.5. The number of carbonyl (C=O) groups excluding carboxylic acids is 1. The van der Waals surface area contributed by atoms with Crippen molar-refractivity contribution in [1.29, 1.82) is 0 Å². The fraction of sp³-hybridized carbons (Fsp3) is 0.375. The first kappa shape index (κ1) is 16.2. The van der Waals surface area contributed by atoms with Crippen molar-refractivity contribution in [2.24, 2.45) is 13.0 Å². The van der Waals surface area contributed by atoms with Crippen LogP contribution < -0.4 is 10.6 Å². The number of rotatable bonds is 6. The molecule has 0 fully saturated rings. The van der Waals surface area contributed by atoms with Crippen LogP contribution in [0.15, 0.2) is 36.7 Å². The van der Waals surface area contributed by atoms with Gasteiger partial charge < -0.3 is 15.2 Å². The summed E-state index contributed by atoms with van der Waals surface area (Å²) in [6.07, 6.45) is 3.45. The van der Waals surface area contributed by atoms with Gasteiger partial charge in [-0.1, -0.05) is 19.1 Å². The molecule has 2 N–H and O–H groups in total. The molecular weight excluding hydrogens is 283 g/mol. The minimum atomic E-state index is -0.484. The maximum atomic E-state index is 13.5. The summed E-state index contributed by atoms with van der Waals surface area (Å²) < 4.78 is 15.4.